The predicted octanol–water partition coefficient (Wildman–Crippen LogP) is 6.47. The molecule has 3 aromatic rings. The zero-order valence-electron chi connectivity index (χ0n) is 20.1. The van der Waals surface area contributed by atoms with E-state index in [4.69, 9.17) is 18.9 Å². The first-order valence-electron chi connectivity index (χ1n) is 11.6. The maximum atomic E-state index is 13.0. The first-order chi connectivity index (χ1) is 16.8. The second-order valence-corrected chi connectivity index (χ2v) is 9.92. The summed E-state index contributed by atoms with van der Waals surface area (Å²) in [4.78, 5) is 25.2. The molecular formula is C28H29BrO6. The van der Waals surface area contributed by atoms with Gasteiger partial charge in [0.15, 0.2) is 0 Å². The van der Waals surface area contributed by atoms with E-state index in [2.05, 4.69) is 28.1 Å². The van der Waals surface area contributed by atoms with Gasteiger partial charge in [-0.1, -0.05) is 42.5 Å². The van der Waals surface area contributed by atoms with Crippen LogP contribution in [0.5, 0.6) is 11.5 Å². The van der Waals surface area contributed by atoms with Crippen molar-refractivity contribution in [1.29, 1.82) is 0 Å². The molecule has 1 aliphatic rings. The predicted molar refractivity (Wildman–Crippen MR) is 137 cm³/mol. The van der Waals surface area contributed by atoms with Crippen molar-refractivity contribution < 1.29 is 28.5 Å². The van der Waals surface area contributed by atoms with Crippen LogP contribution in [0, 0.1) is 5.41 Å². The number of carbonyl (C=O) groups excluding carboxylic acids is 2. The third-order valence-electron chi connectivity index (χ3n) is 6.72. The lowest BCUT2D eigenvalue weighted by atomic mass is 9.74. The van der Waals surface area contributed by atoms with Crippen LogP contribution in [0.4, 0.5) is 0 Å². The fourth-order valence-electron chi connectivity index (χ4n) is 4.53. The number of benzene rings is 3. The van der Waals surface area contributed by atoms with E-state index >= 15 is 0 Å². The summed E-state index contributed by atoms with van der Waals surface area (Å²) in [5.74, 6) is 0.270. The molecule has 7 heteroatoms. The lowest BCUT2D eigenvalue weighted by Crippen LogP contribution is -2.37. The molecule has 0 bridgehead atoms. The van der Waals surface area contributed by atoms with Crippen LogP contribution < -0.4 is 9.47 Å². The minimum Gasteiger partial charge on any atom is -0.496 e. The number of hydrogen-bond acceptors (Lipinski definition) is 6. The van der Waals surface area contributed by atoms with Crippen LogP contribution >= 0.6 is 15.9 Å². The number of ether oxygens (including phenoxy) is 4. The van der Waals surface area contributed by atoms with E-state index in [-0.39, 0.29) is 18.7 Å². The van der Waals surface area contributed by atoms with Gasteiger partial charge in [-0.15, -0.1) is 0 Å². The monoisotopic (exact) mass is 540 g/mol. The summed E-state index contributed by atoms with van der Waals surface area (Å²) in [6.07, 6.45) is 2.63. The average molecular weight is 541 g/mol. The van der Waals surface area contributed by atoms with Crippen molar-refractivity contribution in [3.05, 3.63) is 70.2 Å². The van der Waals surface area contributed by atoms with E-state index < -0.39 is 11.4 Å². The Kier molecular flexibility index (Phi) is 7.65. The largest absolute Gasteiger partial charge is 0.496 e. The van der Waals surface area contributed by atoms with E-state index in [1.807, 2.05) is 37.3 Å². The lowest BCUT2D eigenvalue weighted by molar-refractivity contribution is -0.159. The number of methoxy groups -OCH3 is 2. The molecule has 1 fully saturated rings. The van der Waals surface area contributed by atoms with Crippen molar-refractivity contribution in [3.8, 4) is 11.5 Å². The molecule has 0 aromatic heterocycles. The molecule has 6 nitrogen and oxygen atoms in total. The molecule has 4 rings (SSSR count). The molecular weight excluding hydrogens is 512 g/mol. The highest BCUT2D eigenvalue weighted by molar-refractivity contribution is 9.10. The topological polar surface area (TPSA) is 71.1 Å². The second kappa shape index (κ2) is 10.7. The van der Waals surface area contributed by atoms with Crippen molar-refractivity contribution in [2.45, 2.75) is 45.3 Å². The summed E-state index contributed by atoms with van der Waals surface area (Å²) in [6, 6.07) is 17.4. The number of halogens is 1. The summed E-state index contributed by atoms with van der Waals surface area (Å²) in [5.41, 5.74) is 0.743. The van der Waals surface area contributed by atoms with E-state index in [1.54, 1.807) is 12.1 Å². The van der Waals surface area contributed by atoms with Gasteiger partial charge in [-0.2, -0.15) is 0 Å². The Morgan fingerprint density at radius 3 is 2.43 bits per heavy atom. The van der Waals surface area contributed by atoms with Crippen LogP contribution in [-0.2, 0) is 20.9 Å². The van der Waals surface area contributed by atoms with Gasteiger partial charge in [0.25, 0.3) is 0 Å². The Labute approximate surface area is 213 Å². The van der Waals surface area contributed by atoms with Gasteiger partial charge in [0.05, 0.1) is 30.2 Å². The van der Waals surface area contributed by atoms with E-state index in [0.717, 1.165) is 16.3 Å². The van der Waals surface area contributed by atoms with Crippen LogP contribution in [0.15, 0.2) is 59.1 Å². The molecule has 184 valence electrons. The van der Waals surface area contributed by atoms with Crippen molar-refractivity contribution in [3.63, 3.8) is 0 Å². The number of rotatable bonds is 7. The number of fused-ring (bicyclic) bond motifs is 1. The molecule has 0 saturated heterocycles. The molecule has 1 saturated carbocycles. The normalized spacial score (nSPS) is 19.7. The molecule has 35 heavy (non-hydrogen) atoms. The van der Waals surface area contributed by atoms with Crippen molar-refractivity contribution in [2.24, 2.45) is 5.41 Å². The molecule has 0 radical (unpaired) electrons. The van der Waals surface area contributed by atoms with Crippen LogP contribution in [0.3, 0.4) is 0 Å². The first-order valence-corrected chi connectivity index (χ1v) is 12.4. The summed E-state index contributed by atoms with van der Waals surface area (Å²) in [7, 11) is 2.82. The molecule has 3 aromatic carbocycles. The van der Waals surface area contributed by atoms with Gasteiger partial charge < -0.3 is 18.9 Å². The minimum atomic E-state index is -0.557. The molecule has 0 atom stereocenters. The highest BCUT2D eigenvalue weighted by Gasteiger charge is 2.39. The minimum absolute atomic E-state index is 0.0795. The molecule has 0 aliphatic heterocycles. The summed E-state index contributed by atoms with van der Waals surface area (Å²) >= 11 is 3.49. The molecule has 0 heterocycles. The summed E-state index contributed by atoms with van der Waals surface area (Å²) < 4.78 is 22.8. The van der Waals surface area contributed by atoms with Gasteiger partial charge in [0.1, 0.15) is 23.7 Å². The standard InChI is InChI=1S/C28H29BrO6/c1-28(27(31)34-17-19-9-6-8-18-7-4-5-10-21(18)19)13-11-20(12-14-28)35-25-15-22(26(30)33-3)24(32-2)16-23(25)29/h4-10,15-16,20H,11-14,17H2,1-3H3. The Bertz CT molecular complexity index is 1220. The average Bonchev–Trinajstić information content (AvgIpc) is 2.88. The molecule has 1 aliphatic carbocycles. The van der Waals surface area contributed by atoms with Gasteiger partial charge in [0, 0.05) is 0 Å². The number of hydrogen-bond donors (Lipinski definition) is 0. The van der Waals surface area contributed by atoms with Gasteiger partial charge in [-0.3, -0.25) is 4.79 Å². The van der Waals surface area contributed by atoms with Crippen LogP contribution in [0.1, 0.15) is 48.5 Å². The molecule has 0 unspecified atom stereocenters. The SMILES string of the molecule is COC(=O)c1cc(OC2CCC(C)(C(=O)OCc3cccc4ccccc34)CC2)c(Br)cc1OC. The van der Waals surface area contributed by atoms with Crippen LogP contribution in [0.2, 0.25) is 0 Å². The number of carbonyl (C=O) groups is 2. The van der Waals surface area contributed by atoms with Crippen molar-refractivity contribution in [2.75, 3.05) is 14.2 Å². The van der Waals surface area contributed by atoms with E-state index in [0.29, 0.717) is 47.2 Å². The smallest absolute Gasteiger partial charge is 0.341 e. The second-order valence-electron chi connectivity index (χ2n) is 9.07. The zero-order valence-corrected chi connectivity index (χ0v) is 21.7. The highest BCUT2D eigenvalue weighted by atomic mass is 79.9. The number of esters is 2. The molecule has 0 N–H and O–H groups in total. The quantitative estimate of drug-likeness (QED) is 0.320. The third-order valence-corrected chi connectivity index (χ3v) is 7.34. The van der Waals surface area contributed by atoms with E-state index in [1.165, 1.54) is 14.2 Å². The molecule has 0 amide bonds. The summed E-state index contributed by atoms with van der Waals surface area (Å²) in [5, 5.41) is 2.23. The Morgan fingerprint density at radius 1 is 1.00 bits per heavy atom. The fourth-order valence-corrected chi connectivity index (χ4v) is 4.95. The highest BCUT2D eigenvalue weighted by Crippen LogP contribution is 2.41. The Balaban J connectivity index is 1.38. The third kappa shape index (κ3) is 5.45. The maximum absolute atomic E-state index is 13.0. The van der Waals surface area contributed by atoms with Gasteiger partial charge in [0.2, 0.25) is 0 Å². The van der Waals surface area contributed by atoms with Crippen LogP contribution in [-0.4, -0.2) is 32.3 Å². The van der Waals surface area contributed by atoms with E-state index in [9.17, 15) is 9.59 Å². The van der Waals surface area contributed by atoms with Gasteiger partial charge in [-0.25, -0.2) is 4.79 Å². The molecule has 0 spiro atoms. The zero-order chi connectivity index (χ0) is 25.0. The first kappa shape index (κ1) is 25.0. The maximum Gasteiger partial charge on any atom is 0.341 e. The Hall–Kier alpha value is -3.06. The van der Waals surface area contributed by atoms with Crippen LogP contribution in [0.25, 0.3) is 10.8 Å². The van der Waals surface area contributed by atoms with Gasteiger partial charge >= 0.3 is 11.9 Å². The van der Waals surface area contributed by atoms with Gasteiger partial charge in [-0.05, 0) is 77.0 Å². The van der Waals surface area contributed by atoms with Crippen molar-refractivity contribution >= 4 is 38.6 Å². The summed E-state index contributed by atoms with van der Waals surface area (Å²) in [6.45, 7) is 2.22. The fraction of sp³-hybridized carbons (Fsp3) is 0.357. The lowest BCUT2D eigenvalue weighted by Gasteiger charge is -2.35. The van der Waals surface area contributed by atoms with Crippen molar-refractivity contribution in [1.82, 2.24) is 0 Å². The Morgan fingerprint density at radius 2 is 1.71 bits per heavy atom.